The molecule has 3 nitrogen and oxygen atoms in total. The highest BCUT2D eigenvalue weighted by molar-refractivity contribution is 8.27. The number of rotatable bonds is 3. The van der Waals surface area contributed by atoms with Gasteiger partial charge in [-0.2, -0.15) is 13.2 Å². The van der Waals surface area contributed by atoms with Crippen molar-refractivity contribution in [3.8, 4) is 11.3 Å². The zero-order valence-corrected chi connectivity index (χ0v) is 18.4. The van der Waals surface area contributed by atoms with E-state index in [0.29, 0.717) is 27.1 Å². The molecule has 4 rings (SSSR count). The summed E-state index contributed by atoms with van der Waals surface area (Å²) < 4.78 is 45.0. The van der Waals surface area contributed by atoms with Gasteiger partial charge in [-0.25, -0.2) is 0 Å². The summed E-state index contributed by atoms with van der Waals surface area (Å²) in [6.45, 7) is 0. The van der Waals surface area contributed by atoms with Gasteiger partial charge in [0, 0.05) is 11.6 Å². The van der Waals surface area contributed by atoms with Crippen LogP contribution in [0.5, 0.6) is 0 Å². The predicted molar refractivity (Wildman–Crippen MR) is 121 cm³/mol. The number of nitrogens with zero attached hydrogens (tertiary/aromatic N) is 1. The van der Waals surface area contributed by atoms with Gasteiger partial charge in [-0.1, -0.05) is 53.2 Å². The molecule has 0 spiro atoms. The molecular formula is C21H10Cl2F3NO2S2. The van der Waals surface area contributed by atoms with Crippen molar-refractivity contribution < 1.29 is 22.4 Å². The number of carbonyl (C=O) groups excluding carboxylic acids is 1. The first-order valence-corrected chi connectivity index (χ1v) is 10.6. The third-order valence-electron chi connectivity index (χ3n) is 4.33. The van der Waals surface area contributed by atoms with E-state index in [-0.39, 0.29) is 14.9 Å². The molecule has 0 aliphatic carbocycles. The van der Waals surface area contributed by atoms with E-state index in [9.17, 15) is 18.0 Å². The lowest BCUT2D eigenvalue weighted by atomic mass is 10.2. The Morgan fingerprint density at radius 2 is 1.81 bits per heavy atom. The molecule has 1 amide bonds. The van der Waals surface area contributed by atoms with Crippen LogP contribution < -0.4 is 4.90 Å². The molecule has 158 valence electrons. The molecule has 0 saturated carbocycles. The van der Waals surface area contributed by atoms with E-state index >= 15 is 0 Å². The predicted octanol–water partition coefficient (Wildman–Crippen LogP) is 7.68. The summed E-state index contributed by atoms with van der Waals surface area (Å²) in [6, 6.07) is 12.9. The van der Waals surface area contributed by atoms with Crippen molar-refractivity contribution >= 4 is 69.2 Å². The second-order valence-corrected chi connectivity index (χ2v) is 8.89. The van der Waals surface area contributed by atoms with Crippen LogP contribution in [0, 0.1) is 0 Å². The molecule has 31 heavy (non-hydrogen) atoms. The van der Waals surface area contributed by atoms with E-state index in [2.05, 4.69) is 0 Å². The van der Waals surface area contributed by atoms with Gasteiger partial charge in [0.05, 0.1) is 26.2 Å². The van der Waals surface area contributed by atoms with Gasteiger partial charge in [0.15, 0.2) is 4.32 Å². The molecule has 1 fully saturated rings. The van der Waals surface area contributed by atoms with Crippen LogP contribution in [0.15, 0.2) is 63.9 Å². The lowest BCUT2D eigenvalue weighted by molar-refractivity contribution is -0.137. The Labute approximate surface area is 194 Å². The highest BCUT2D eigenvalue weighted by Gasteiger charge is 2.36. The topological polar surface area (TPSA) is 33.5 Å². The first-order valence-electron chi connectivity index (χ1n) is 8.64. The number of carbonyl (C=O) groups is 1. The van der Waals surface area contributed by atoms with E-state index < -0.39 is 17.6 Å². The van der Waals surface area contributed by atoms with Crippen LogP contribution >= 0.6 is 47.2 Å². The maximum atomic E-state index is 13.0. The molecule has 1 aromatic heterocycles. The average molecular weight is 500 g/mol. The maximum absolute atomic E-state index is 13.0. The quantitative estimate of drug-likeness (QED) is 0.273. The summed E-state index contributed by atoms with van der Waals surface area (Å²) in [5, 5.41) is 0.787. The molecule has 3 aromatic rings. The number of hydrogen-bond donors (Lipinski definition) is 0. The summed E-state index contributed by atoms with van der Waals surface area (Å²) in [6.07, 6.45) is -3.03. The van der Waals surface area contributed by atoms with Crippen molar-refractivity contribution in [1.82, 2.24) is 0 Å². The minimum absolute atomic E-state index is 0.0525. The van der Waals surface area contributed by atoms with Gasteiger partial charge < -0.3 is 4.42 Å². The molecule has 0 N–H and O–H groups in total. The van der Waals surface area contributed by atoms with Crippen LogP contribution in [0.1, 0.15) is 11.3 Å². The second-order valence-electron chi connectivity index (χ2n) is 6.40. The fourth-order valence-electron chi connectivity index (χ4n) is 2.88. The lowest BCUT2D eigenvalue weighted by Gasteiger charge is -2.16. The van der Waals surface area contributed by atoms with Crippen LogP contribution in [-0.2, 0) is 11.0 Å². The minimum atomic E-state index is -4.53. The molecule has 0 atom stereocenters. The van der Waals surface area contributed by atoms with Gasteiger partial charge in [0.1, 0.15) is 11.5 Å². The summed E-state index contributed by atoms with van der Waals surface area (Å²) in [4.78, 5) is 14.1. The average Bonchev–Trinajstić information content (AvgIpc) is 3.28. The van der Waals surface area contributed by atoms with Crippen molar-refractivity contribution in [2.24, 2.45) is 0 Å². The smallest absolute Gasteiger partial charge is 0.416 e. The van der Waals surface area contributed by atoms with Crippen molar-refractivity contribution in [3.05, 3.63) is 80.9 Å². The van der Waals surface area contributed by atoms with Crippen LogP contribution in [-0.4, -0.2) is 10.2 Å². The van der Waals surface area contributed by atoms with Crippen LogP contribution in [0.2, 0.25) is 10.0 Å². The Balaban J connectivity index is 1.61. The number of hydrogen-bond acceptors (Lipinski definition) is 4. The van der Waals surface area contributed by atoms with E-state index in [1.54, 1.807) is 30.3 Å². The van der Waals surface area contributed by atoms with E-state index in [0.717, 1.165) is 28.8 Å². The third kappa shape index (κ3) is 4.52. The zero-order valence-electron chi connectivity index (χ0n) is 15.2. The molecule has 2 aromatic carbocycles. The summed E-state index contributed by atoms with van der Waals surface area (Å²) >= 11 is 18.2. The van der Waals surface area contributed by atoms with Crippen molar-refractivity contribution in [1.29, 1.82) is 0 Å². The van der Waals surface area contributed by atoms with Crippen molar-refractivity contribution in [3.63, 3.8) is 0 Å². The van der Waals surface area contributed by atoms with E-state index in [1.165, 1.54) is 18.2 Å². The molecule has 0 bridgehead atoms. The molecule has 10 heteroatoms. The zero-order chi connectivity index (χ0) is 22.3. The molecule has 0 radical (unpaired) electrons. The first-order chi connectivity index (χ1) is 14.6. The Bertz CT molecular complexity index is 1240. The lowest BCUT2D eigenvalue weighted by Crippen LogP contribution is -2.27. The number of amides is 1. The van der Waals surface area contributed by atoms with Gasteiger partial charge in [-0.15, -0.1) is 0 Å². The molecular weight excluding hydrogens is 490 g/mol. The number of alkyl halides is 3. The maximum Gasteiger partial charge on any atom is 0.416 e. The number of thiocarbonyl (C=S) groups is 1. The van der Waals surface area contributed by atoms with Gasteiger partial charge in [0.2, 0.25) is 0 Å². The van der Waals surface area contributed by atoms with E-state index in [4.69, 9.17) is 39.8 Å². The van der Waals surface area contributed by atoms with Crippen molar-refractivity contribution in [2.45, 2.75) is 6.18 Å². The van der Waals surface area contributed by atoms with Crippen LogP contribution in [0.4, 0.5) is 18.9 Å². The van der Waals surface area contributed by atoms with Crippen LogP contribution in [0.25, 0.3) is 17.4 Å². The monoisotopic (exact) mass is 499 g/mol. The van der Waals surface area contributed by atoms with Gasteiger partial charge in [0.25, 0.3) is 5.91 Å². The fraction of sp³-hybridized carbons (Fsp3) is 0.0476. The highest BCUT2D eigenvalue weighted by atomic mass is 35.5. The summed E-state index contributed by atoms with van der Waals surface area (Å²) in [5.41, 5.74) is -0.109. The Morgan fingerprint density at radius 3 is 2.52 bits per heavy atom. The summed E-state index contributed by atoms with van der Waals surface area (Å²) in [5.74, 6) is 0.366. The number of furan rings is 1. The number of halogens is 5. The number of anilines is 1. The molecule has 1 aliphatic rings. The minimum Gasteiger partial charge on any atom is -0.457 e. The Kier molecular flexibility index (Phi) is 5.91. The molecule has 1 aliphatic heterocycles. The standard InChI is InChI=1S/C21H10Cl2F3NO2S2/c22-15-6-4-11(8-16(15)23)17-7-5-14(29-17)10-18-19(28)27(20(30)31-18)13-3-1-2-12(9-13)21(24,25)26/h1-10H. The Hall–Kier alpha value is -2.26. The highest BCUT2D eigenvalue weighted by Crippen LogP contribution is 2.39. The molecule has 1 saturated heterocycles. The van der Waals surface area contributed by atoms with Gasteiger partial charge in [-0.3, -0.25) is 9.69 Å². The fourth-order valence-corrected chi connectivity index (χ4v) is 4.45. The second kappa shape index (κ2) is 8.35. The normalized spacial score (nSPS) is 15.9. The third-order valence-corrected chi connectivity index (χ3v) is 6.37. The largest absolute Gasteiger partial charge is 0.457 e. The number of benzene rings is 2. The summed E-state index contributed by atoms with van der Waals surface area (Å²) in [7, 11) is 0. The first kappa shape index (κ1) is 22.0. The van der Waals surface area contributed by atoms with Crippen molar-refractivity contribution in [2.75, 3.05) is 4.90 Å². The van der Waals surface area contributed by atoms with Gasteiger partial charge in [-0.05, 0) is 48.5 Å². The SMILES string of the molecule is O=C1C(=Cc2ccc(-c3ccc(Cl)c(Cl)c3)o2)SC(=S)N1c1cccc(C(F)(F)F)c1. The molecule has 2 heterocycles. The Morgan fingerprint density at radius 1 is 1.03 bits per heavy atom. The van der Waals surface area contributed by atoms with Gasteiger partial charge >= 0.3 is 6.18 Å². The molecule has 0 unspecified atom stereocenters. The van der Waals surface area contributed by atoms with Crippen LogP contribution in [0.3, 0.4) is 0 Å². The number of thioether (sulfide) groups is 1. The van der Waals surface area contributed by atoms with E-state index in [1.807, 2.05) is 0 Å².